The third-order valence-electron chi connectivity index (χ3n) is 6.18. The molecular weight excluding hydrogens is 454 g/mol. The fourth-order valence-corrected chi connectivity index (χ4v) is 5.25. The van der Waals surface area contributed by atoms with Gasteiger partial charge in [-0.25, -0.2) is 4.98 Å². The standard InChI is InChI=1S/C28H35N5OS/c1-6-32(7-2)16-8-15-29-27(34)23-13-14-25-26(17-23)35-28-31-24(18-33(25)28)22-11-9-21(10-12-22)20(5)30-19(3)4/h9-14,17-19,30H,5-8,15-16H2,1-4H3,(H,29,34). The summed E-state index contributed by atoms with van der Waals surface area (Å²) >= 11 is 1.60. The van der Waals surface area contributed by atoms with Gasteiger partial charge in [-0.05, 0) is 63.7 Å². The molecule has 0 atom stereocenters. The largest absolute Gasteiger partial charge is 0.383 e. The Morgan fingerprint density at radius 2 is 1.83 bits per heavy atom. The zero-order valence-corrected chi connectivity index (χ0v) is 21.9. The van der Waals surface area contributed by atoms with Gasteiger partial charge in [-0.2, -0.15) is 0 Å². The van der Waals surface area contributed by atoms with Gasteiger partial charge in [0, 0.05) is 35.6 Å². The quantitative estimate of drug-likeness (QED) is 0.267. The summed E-state index contributed by atoms with van der Waals surface area (Å²) in [5.41, 5.74) is 5.75. The number of hydrogen-bond acceptors (Lipinski definition) is 5. The van der Waals surface area contributed by atoms with E-state index >= 15 is 0 Å². The van der Waals surface area contributed by atoms with Gasteiger partial charge in [0.05, 0.1) is 15.9 Å². The lowest BCUT2D eigenvalue weighted by atomic mass is 10.1. The van der Waals surface area contributed by atoms with Crippen LogP contribution < -0.4 is 10.6 Å². The third-order valence-corrected chi connectivity index (χ3v) is 7.20. The molecule has 184 valence electrons. The van der Waals surface area contributed by atoms with E-state index in [0.717, 1.165) is 63.8 Å². The average molecular weight is 490 g/mol. The molecule has 0 aliphatic rings. The smallest absolute Gasteiger partial charge is 0.251 e. The van der Waals surface area contributed by atoms with Crippen molar-refractivity contribution in [1.82, 2.24) is 24.9 Å². The number of fused-ring (bicyclic) bond motifs is 3. The monoisotopic (exact) mass is 489 g/mol. The first-order valence-electron chi connectivity index (χ1n) is 12.4. The van der Waals surface area contributed by atoms with Gasteiger partial charge in [0.2, 0.25) is 0 Å². The lowest BCUT2D eigenvalue weighted by Crippen LogP contribution is -2.29. The average Bonchev–Trinajstić information content (AvgIpc) is 3.41. The molecule has 1 amide bonds. The first-order chi connectivity index (χ1) is 16.9. The summed E-state index contributed by atoms with van der Waals surface area (Å²) < 4.78 is 3.16. The van der Waals surface area contributed by atoms with Gasteiger partial charge in [0.1, 0.15) is 0 Å². The first kappa shape index (κ1) is 24.9. The molecule has 0 fully saturated rings. The number of thiazole rings is 1. The topological polar surface area (TPSA) is 61.7 Å². The molecule has 0 saturated heterocycles. The Hall–Kier alpha value is -3.16. The fourth-order valence-electron chi connectivity index (χ4n) is 4.20. The first-order valence-corrected chi connectivity index (χ1v) is 13.2. The summed E-state index contributed by atoms with van der Waals surface area (Å²) in [6.45, 7) is 16.4. The fraction of sp³-hybridized carbons (Fsp3) is 0.357. The molecule has 35 heavy (non-hydrogen) atoms. The van der Waals surface area contributed by atoms with Gasteiger partial charge in [-0.1, -0.05) is 56.0 Å². The molecule has 2 aromatic carbocycles. The van der Waals surface area contributed by atoms with Crippen LogP contribution in [-0.2, 0) is 0 Å². The minimum atomic E-state index is -0.0215. The number of nitrogens with zero attached hydrogens (tertiary/aromatic N) is 3. The summed E-state index contributed by atoms with van der Waals surface area (Å²) in [5.74, 6) is -0.0215. The molecular formula is C28H35N5OS. The molecule has 0 aliphatic heterocycles. The molecule has 0 unspecified atom stereocenters. The second-order valence-corrected chi connectivity index (χ2v) is 10.1. The Kier molecular flexibility index (Phi) is 7.88. The highest BCUT2D eigenvalue weighted by Gasteiger charge is 2.13. The van der Waals surface area contributed by atoms with Crippen LogP contribution in [0.25, 0.3) is 32.1 Å². The van der Waals surface area contributed by atoms with Crippen molar-refractivity contribution >= 4 is 38.1 Å². The Balaban J connectivity index is 1.45. The van der Waals surface area contributed by atoms with Crippen molar-refractivity contribution in [2.75, 3.05) is 26.2 Å². The molecule has 0 saturated carbocycles. The van der Waals surface area contributed by atoms with E-state index in [-0.39, 0.29) is 5.91 Å². The van der Waals surface area contributed by atoms with Crippen molar-refractivity contribution < 1.29 is 4.79 Å². The lowest BCUT2D eigenvalue weighted by molar-refractivity contribution is 0.0952. The van der Waals surface area contributed by atoms with Gasteiger partial charge in [0.25, 0.3) is 5.91 Å². The molecule has 2 N–H and O–H groups in total. The third kappa shape index (κ3) is 5.74. The van der Waals surface area contributed by atoms with E-state index in [1.54, 1.807) is 11.3 Å². The van der Waals surface area contributed by atoms with Gasteiger partial charge in [0.15, 0.2) is 4.96 Å². The Morgan fingerprint density at radius 3 is 2.51 bits per heavy atom. The maximum atomic E-state index is 12.6. The number of hydrogen-bond donors (Lipinski definition) is 2. The normalized spacial score (nSPS) is 11.6. The molecule has 0 bridgehead atoms. The summed E-state index contributed by atoms with van der Waals surface area (Å²) in [6, 6.07) is 14.5. The molecule has 6 nitrogen and oxygen atoms in total. The van der Waals surface area contributed by atoms with E-state index in [9.17, 15) is 4.79 Å². The van der Waals surface area contributed by atoms with E-state index in [1.165, 1.54) is 0 Å². The molecule has 0 spiro atoms. The highest BCUT2D eigenvalue weighted by molar-refractivity contribution is 7.23. The van der Waals surface area contributed by atoms with Gasteiger partial charge < -0.3 is 15.5 Å². The number of rotatable bonds is 11. The summed E-state index contributed by atoms with van der Waals surface area (Å²) in [7, 11) is 0. The van der Waals surface area contributed by atoms with Crippen molar-refractivity contribution in [2.45, 2.75) is 40.2 Å². The van der Waals surface area contributed by atoms with E-state index in [2.05, 4.69) is 84.7 Å². The number of nitrogens with one attached hydrogen (secondary N) is 2. The van der Waals surface area contributed by atoms with Crippen LogP contribution in [0.2, 0.25) is 0 Å². The second-order valence-electron chi connectivity index (χ2n) is 9.05. The van der Waals surface area contributed by atoms with Crippen molar-refractivity contribution in [3.8, 4) is 11.3 Å². The van der Waals surface area contributed by atoms with Gasteiger partial charge in [-0.15, -0.1) is 0 Å². The highest BCUT2D eigenvalue weighted by atomic mass is 32.1. The Bertz CT molecular complexity index is 1310. The van der Waals surface area contributed by atoms with Crippen molar-refractivity contribution in [1.29, 1.82) is 0 Å². The van der Waals surface area contributed by atoms with Crippen LogP contribution >= 0.6 is 11.3 Å². The SMILES string of the molecule is C=C(NC(C)C)c1ccc(-c2cn3c(n2)sc2cc(C(=O)NCCCN(CC)CC)ccc23)cc1. The summed E-state index contributed by atoms with van der Waals surface area (Å²) in [5, 5.41) is 6.40. The highest BCUT2D eigenvalue weighted by Crippen LogP contribution is 2.30. The summed E-state index contributed by atoms with van der Waals surface area (Å²) in [6.07, 6.45) is 3.02. The van der Waals surface area contributed by atoms with Crippen LogP contribution in [-0.4, -0.2) is 52.4 Å². The zero-order valence-electron chi connectivity index (χ0n) is 21.1. The van der Waals surface area contributed by atoms with Crippen LogP contribution in [0.15, 0.2) is 55.2 Å². The second kappa shape index (κ2) is 11.1. The van der Waals surface area contributed by atoms with Crippen molar-refractivity contribution in [3.05, 3.63) is 66.4 Å². The van der Waals surface area contributed by atoms with Crippen molar-refractivity contribution in [2.24, 2.45) is 0 Å². The van der Waals surface area contributed by atoms with Crippen LogP contribution in [0.1, 0.15) is 50.0 Å². The molecule has 4 rings (SSSR count). The van der Waals surface area contributed by atoms with Crippen LogP contribution in [0, 0.1) is 0 Å². The van der Waals surface area contributed by atoms with E-state index in [4.69, 9.17) is 4.98 Å². The van der Waals surface area contributed by atoms with E-state index in [0.29, 0.717) is 18.2 Å². The number of aromatic nitrogens is 2. The zero-order chi connectivity index (χ0) is 24.9. The Morgan fingerprint density at radius 1 is 1.11 bits per heavy atom. The lowest BCUT2D eigenvalue weighted by Gasteiger charge is -2.17. The van der Waals surface area contributed by atoms with Crippen LogP contribution in [0.3, 0.4) is 0 Å². The number of imidazole rings is 1. The molecule has 4 aromatic rings. The number of amides is 1. The van der Waals surface area contributed by atoms with E-state index in [1.807, 2.05) is 18.2 Å². The summed E-state index contributed by atoms with van der Waals surface area (Å²) in [4.78, 5) is 20.8. The number of carbonyl (C=O) groups is 1. The minimum absolute atomic E-state index is 0.0215. The van der Waals surface area contributed by atoms with Gasteiger partial charge >= 0.3 is 0 Å². The van der Waals surface area contributed by atoms with E-state index < -0.39 is 0 Å². The maximum absolute atomic E-state index is 12.6. The molecule has 2 aromatic heterocycles. The predicted octanol–water partition coefficient (Wildman–Crippen LogP) is 5.65. The molecule has 7 heteroatoms. The molecule has 0 radical (unpaired) electrons. The van der Waals surface area contributed by atoms with Gasteiger partial charge in [-0.3, -0.25) is 9.20 Å². The number of benzene rings is 2. The molecule has 0 aliphatic carbocycles. The molecule has 2 heterocycles. The number of carbonyl (C=O) groups excluding carboxylic acids is 1. The van der Waals surface area contributed by atoms with Crippen molar-refractivity contribution in [3.63, 3.8) is 0 Å². The van der Waals surface area contributed by atoms with Crippen LogP contribution in [0.5, 0.6) is 0 Å². The van der Waals surface area contributed by atoms with Crippen LogP contribution in [0.4, 0.5) is 0 Å². The minimum Gasteiger partial charge on any atom is -0.383 e. The predicted molar refractivity (Wildman–Crippen MR) is 148 cm³/mol. The maximum Gasteiger partial charge on any atom is 0.251 e. The Labute approximate surface area is 211 Å².